The molecule has 4 nitrogen and oxygen atoms in total. The molecule has 0 unspecified atom stereocenters. The van der Waals surface area contributed by atoms with Crippen molar-refractivity contribution >= 4 is 17.7 Å². The summed E-state index contributed by atoms with van der Waals surface area (Å²) >= 11 is 0. The van der Waals surface area contributed by atoms with Crippen molar-refractivity contribution in [1.29, 1.82) is 0 Å². The van der Waals surface area contributed by atoms with Crippen molar-refractivity contribution in [2.75, 3.05) is 20.0 Å². The highest BCUT2D eigenvalue weighted by atomic mass is 16.5. The summed E-state index contributed by atoms with van der Waals surface area (Å²) in [5, 5.41) is 0. The fourth-order valence-corrected chi connectivity index (χ4v) is 1.45. The van der Waals surface area contributed by atoms with Gasteiger partial charge in [-0.3, -0.25) is 0 Å². The van der Waals surface area contributed by atoms with E-state index in [-0.39, 0.29) is 0 Å². The zero-order valence-corrected chi connectivity index (χ0v) is 9.61. The number of nitrogens with two attached hydrogens (primary N) is 1. The van der Waals surface area contributed by atoms with Crippen LogP contribution in [0.3, 0.4) is 0 Å². The molecule has 0 heterocycles. The Morgan fingerprint density at radius 2 is 2.06 bits per heavy atom. The average molecular weight is 221 g/mol. The predicted octanol–water partition coefficient (Wildman–Crippen LogP) is 2.10. The molecule has 0 saturated heterocycles. The zero-order chi connectivity index (χ0) is 12.1. The lowest BCUT2D eigenvalue weighted by atomic mass is 10.1. The van der Waals surface area contributed by atoms with E-state index in [0.717, 1.165) is 5.56 Å². The van der Waals surface area contributed by atoms with Gasteiger partial charge in [-0.05, 0) is 19.1 Å². The molecule has 0 amide bonds. The van der Waals surface area contributed by atoms with Crippen LogP contribution in [0, 0.1) is 0 Å². The summed E-state index contributed by atoms with van der Waals surface area (Å²) in [7, 11) is 2.87. The van der Waals surface area contributed by atoms with Crippen molar-refractivity contribution in [3.05, 3.63) is 29.3 Å². The number of hydrogen-bond acceptors (Lipinski definition) is 4. The van der Waals surface area contributed by atoms with Gasteiger partial charge in [0.1, 0.15) is 5.75 Å². The minimum atomic E-state index is -0.417. The van der Waals surface area contributed by atoms with Crippen molar-refractivity contribution in [3.63, 3.8) is 0 Å². The van der Waals surface area contributed by atoms with E-state index in [1.165, 1.54) is 20.3 Å². The van der Waals surface area contributed by atoms with Gasteiger partial charge in [-0.15, -0.1) is 0 Å². The van der Waals surface area contributed by atoms with Gasteiger partial charge in [0.2, 0.25) is 0 Å². The summed E-state index contributed by atoms with van der Waals surface area (Å²) in [6, 6.07) is 3.22. The highest BCUT2D eigenvalue weighted by Gasteiger charge is 2.12. The Hall–Kier alpha value is -1.97. The van der Waals surface area contributed by atoms with E-state index < -0.39 is 5.97 Å². The number of anilines is 1. The monoisotopic (exact) mass is 221 g/mol. The number of carbonyl (C=O) groups excluding carboxylic acids is 1. The number of benzene rings is 1. The van der Waals surface area contributed by atoms with Gasteiger partial charge in [-0.25, -0.2) is 4.79 Å². The van der Waals surface area contributed by atoms with Crippen LogP contribution in [0.4, 0.5) is 5.69 Å². The number of methoxy groups -OCH3 is 2. The molecular weight excluding hydrogens is 206 g/mol. The summed E-state index contributed by atoms with van der Waals surface area (Å²) in [5.41, 5.74) is 7.37. The Labute approximate surface area is 94.7 Å². The maximum Gasteiger partial charge on any atom is 0.337 e. The molecule has 1 aromatic rings. The molecule has 16 heavy (non-hydrogen) atoms. The predicted molar refractivity (Wildman–Crippen MR) is 63.5 cm³/mol. The summed E-state index contributed by atoms with van der Waals surface area (Å²) in [5.74, 6) is 0.144. The van der Waals surface area contributed by atoms with Gasteiger partial charge in [-0.1, -0.05) is 12.2 Å². The molecule has 0 fully saturated rings. The second-order valence-electron chi connectivity index (χ2n) is 3.18. The molecule has 0 aliphatic heterocycles. The highest BCUT2D eigenvalue weighted by molar-refractivity contribution is 5.92. The first-order chi connectivity index (χ1) is 7.63. The van der Waals surface area contributed by atoms with Gasteiger partial charge in [-0.2, -0.15) is 0 Å². The molecule has 0 bridgehead atoms. The fraction of sp³-hybridized carbons (Fsp3) is 0.250. The molecule has 0 saturated carbocycles. The lowest BCUT2D eigenvalue weighted by Crippen LogP contribution is -2.04. The maximum atomic E-state index is 11.4. The molecular formula is C12H15NO3. The molecule has 86 valence electrons. The van der Waals surface area contributed by atoms with Crippen molar-refractivity contribution in [1.82, 2.24) is 0 Å². The van der Waals surface area contributed by atoms with E-state index in [1.54, 1.807) is 6.07 Å². The van der Waals surface area contributed by atoms with Crippen LogP contribution in [-0.4, -0.2) is 20.2 Å². The first-order valence-electron chi connectivity index (χ1n) is 4.82. The number of nitrogen functional groups attached to an aromatic ring is 1. The van der Waals surface area contributed by atoms with Gasteiger partial charge in [0.25, 0.3) is 0 Å². The number of allylic oxidation sites excluding steroid dienone is 1. The minimum absolute atomic E-state index is 0.411. The van der Waals surface area contributed by atoms with Crippen molar-refractivity contribution in [2.45, 2.75) is 6.92 Å². The third kappa shape index (κ3) is 2.34. The lowest BCUT2D eigenvalue weighted by molar-refractivity contribution is 0.0600. The molecule has 2 N–H and O–H groups in total. The zero-order valence-electron chi connectivity index (χ0n) is 9.61. The van der Waals surface area contributed by atoms with Crippen LogP contribution in [0.5, 0.6) is 5.75 Å². The first kappa shape index (κ1) is 12.1. The summed E-state index contributed by atoms with van der Waals surface area (Å²) < 4.78 is 9.81. The molecule has 0 atom stereocenters. The van der Waals surface area contributed by atoms with Crippen LogP contribution in [0.2, 0.25) is 0 Å². The summed E-state index contributed by atoms with van der Waals surface area (Å²) in [4.78, 5) is 11.4. The Morgan fingerprint density at radius 1 is 1.38 bits per heavy atom. The Bertz CT molecular complexity index is 425. The molecule has 0 aromatic heterocycles. The average Bonchev–Trinajstić information content (AvgIpc) is 2.28. The van der Waals surface area contributed by atoms with E-state index in [2.05, 4.69) is 4.74 Å². The van der Waals surface area contributed by atoms with E-state index in [1.807, 2.05) is 19.1 Å². The van der Waals surface area contributed by atoms with Crippen LogP contribution in [0.1, 0.15) is 22.8 Å². The standard InChI is InChI=1S/C12H15NO3/c1-4-5-8-6-9(12(14)16-3)7-10(13)11(8)15-2/h4-7H,13H2,1-3H3/b5-4-. The Kier molecular flexibility index (Phi) is 3.94. The van der Waals surface area contributed by atoms with E-state index in [9.17, 15) is 4.79 Å². The maximum absolute atomic E-state index is 11.4. The van der Waals surface area contributed by atoms with Crippen LogP contribution in [-0.2, 0) is 4.74 Å². The second-order valence-corrected chi connectivity index (χ2v) is 3.18. The second kappa shape index (κ2) is 5.21. The molecule has 4 heteroatoms. The van der Waals surface area contributed by atoms with Gasteiger partial charge in [0.15, 0.2) is 0 Å². The fourth-order valence-electron chi connectivity index (χ4n) is 1.45. The number of rotatable bonds is 3. The third-order valence-electron chi connectivity index (χ3n) is 2.12. The van der Waals surface area contributed by atoms with Gasteiger partial charge < -0.3 is 15.2 Å². The van der Waals surface area contributed by atoms with E-state index in [0.29, 0.717) is 17.0 Å². The number of hydrogen-bond donors (Lipinski definition) is 1. The molecule has 0 radical (unpaired) electrons. The number of ether oxygens (including phenoxy) is 2. The molecule has 0 aliphatic rings. The lowest BCUT2D eigenvalue weighted by Gasteiger charge is -2.10. The third-order valence-corrected chi connectivity index (χ3v) is 2.12. The van der Waals surface area contributed by atoms with Gasteiger partial charge in [0.05, 0.1) is 25.5 Å². The van der Waals surface area contributed by atoms with Crippen LogP contribution >= 0.6 is 0 Å². The summed E-state index contributed by atoms with van der Waals surface area (Å²) in [6.45, 7) is 1.88. The van der Waals surface area contributed by atoms with Crippen LogP contribution in [0.25, 0.3) is 6.08 Å². The smallest absolute Gasteiger partial charge is 0.337 e. The van der Waals surface area contributed by atoms with Gasteiger partial charge in [0, 0.05) is 5.56 Å². The largest absolute Gasteiger partial charge is 0.494 e. The molecule has 1 aromatic carbocycles. The first-order valence-corrected chi connectivity index (χ1v) is 4.82. The molecule has 0 spiro atoms. The number of esters is 1. The Morgan fingerprint density at radius 3 is 2.56 bits per heavy atom. The topological polar surface area (TPSA) is 61.5 Å². The molecule has 1 rings (SSSR count). The normalized spacial score (nSPS) is 10.4. The SMILES string of the molecule is C/C=C\c1cc(C(=O)OC)cc(N)c1OC. The minimum Gasteiger partial charge on any atom is -0.494 e. The molecule has 0 aliphatic carbocycles. The highest BCUT2D eigenvalue weighted by Crippen LogP contribution is 2.29. The van der Waals surface area contributed by atoms with Gasteiger partial charge >= 0.3 is 5.97 Å². The van der Waals surface area contributed by atoms with Crippen molar-refractivity contribution < 1.29 is 14.3 Å². The Balaban J connectivity index is 3.33. The van der Waals surface area contributed by atoms with Crippen molar-refractivity contribution in [3.8, 4) is 5.75 Å². The van der Waals surface area contributed by atoms with E-state index in [4.69, 9.17) is 10.5 Å². The summed E-state index contributed by atoms with van der Waals surface area (Å²) in [6.07, 6.45) is 3.67. The van der Waals surface area contributed by atoms with Crippen LogP contribution < -0.4 is 10.5 Å². The quantitative estimate of drug-likeness (QED) is 0.627. The van der Waals surface area contributed by atoms with E-state index >= 15 is 0 Å². The number of carbonyl (C=O) groups is 1. The van der Waals surface area contributed by atoms with Crippen LogP contribution in [0.15, 0.2) is 18.2 Å². The van der Waals surface area contributed by atoms with Crippen molar-refractivity contribution in [2.24, 2.45) is 0 Å².